The number of hydrogen-bond acceptors (Lipinski definition) is 3. The number of carbonyl (C=O) groups excluding carboxylic acids is 1. The second-order valence-electron chi connectivity index (χ2n) is 12.1. The van der Waals surface area contributed by atoms with Crippen molar-refractivity contribution in [3.05, 3.63) is 137 Å². The van der Waals surface area contributed by atoms with E-state index in [2.05, 4.69) is 72.5 Å². The van der Waals surface area contributed by atoms with Gasteiger partial charge < -0.3 is 4.74 Å². The number of methoxy groups -OCH3 is 1. The lowest BCUT2D eigenvalue weighted by Gasteiger charge is -2.39. The predicted molar refractivity (Wildman–Crippen MR) is 173 cm³/mol. The highest BCUT2D eigenvalue weighted by atomic mass is 19.1. The quantitative estimate of drug-likeness (QED) is 0.146. The number of rotatable bonds is 14. The summed E-state index contributed by atoms with van der Waals surface area (Å²) in [6.07, 6.45) is 6.07. The van der Waals surface area contributed by atoms with Gasteiger partial charge in [0.15, 0.2) is 11.6 Å². The highest BCUT2D eigenvalue weighted by molar-refractivity contribution is 5.78. The summed E-state index contributed by atoms with van der Waals surface area (Å²) in [5, 5.41) is 0. The van der Waals surface area contributed by atoms with Gasteiger partial charge in [-0.1, -0.05) is 72.8 Å². The van der Waals surface area contributed by atoms with E-state index in [4.69, 9.17) is 4.74 Å². The van der Waals surface area contributed by atoms with Gasteiger partial charge >= 0.3 is 0 Å². The first-order chi connectivity index (χ1) is 21.4. The van der Waals surface area contributed by atoms with Crippen molar-refractivity contribution in [3.8, 4) is 5.75 Å². The van der Waals surface area contributed by atoms with Gasteiger partial charge in [-0.25, -0.2) is 8.78 Å². The van der Waals surface area contributed by atoms with Crippen molar-refractivity contribution in [2.24, 2.45) is 0 Å². The predicted octanol–water partition coefficient (Wildman–Crippen LogP) is 9.03. The Hall–Kier alpha value is -3.83. The number of ether oxygens (including phenoxy) is 1. The number of fused-ring (bicyclic) bond motifs is 1. The zero-order chi connectivity index (χ0) is 30.9. The maximum atomic E-state index is 14.4. The lowest BCUT2D eigenvalue weighted by Crippen LogP contribution is -2.36. The topological polar surface area (TPSA) is 29.5 Å². The molecule has 4 aromatic carbocycles. The molecule has 0 spiro atoms. The van der Waals surface area contributed by atoms with Crippen molar-refractivity contribution in [1.29, 1.82) is 0 Å². The van der Waals surface area contributed by atoms with Gasteiger partial charge in [-0.15, -0.1) is 0 Å². The smallest absolute Gasteiger partial charge is 0.165 e. The third kappa shape index (κ3) is 7.44. The first-order valence-electron chi connectivity index (χ1n) is 15.9. The van der Waals surface area contributed by atoms with Crippen LogP contribution in [0.3, 0.4) is 0 Å². The van der Waals surface area contributed by atoms with Gasteiger partial charge in [0.25, 0.3) is 0 Å². The Labute approximate surface area is 260 Å². The zero-order valence-corrected chi connectivity index (χ0v) is 25.9. The number of aryl methyl sites for hydroxylation is 1. The molecular formula is C39H43F2NO2. The van der Waals surface area contributed by atoms with E-state index in [1.54, 1.807) is 18.2 Å². The van der Waals surface area contributed by atoms with Crippen molar-refractivity contribution in [2.75, 3.05) is 20.2 Å². The molecule has 230 valence electrons. The number of halogens is 2. The summed E-state index contributed by atoms with van der Waals surface area (Å²) >= 11 is 0. The summed E-state index contributed by atoms with van der Waals surface area (Å²) in [5.41, 5.74) is 5.54. The molecule has 0 saturated carbocycles. The molecule has 0 fully saturated rings. The molecule has 0 aromatic heterocycles. The van der Waals surface area contributed by atoms with Crippen molar-refractivity contribution in [3.63, 3.8) is 0 Å². The lowest BCUT2D eigenvalue weighted by molar-refractivity contribution is -0.119. The molecule has 1 heterocycles. The molecule has 1 aliphatic heterocycles. The van der Waals surface area contributed by atoms with E-state index in [1.807, 2.05) is 6.07 Å². The molecule has 0 bridgehead atoms. The largest absolute Gasteiger partial charge is 0.494 e. The number of carbonyl (C=O) groups is 1. The molecule has 0 N–H and O–H groups in total. The summed E-state index contributed by atoms with van der Waals surface area (Å²) in [6.45, 7) is 4.03. The van der Waals surface area contributed by atoms with E-state index >= 15 is 0 Å². The van der Waals surface area contributed by atoms with E-state index in [0.29, 0.717) is 25.0 Å². The third-order valence-corrected chi connectivity index (χ3v) is 9.45. The van der Waals surface area contributed by atoms with Crippen LogP contribution in [0, 0.1) is 11.6 Å². The molecule has 1 unspecified atom stereocenters. The number of nitrogens with zero attached hydrogens (tertiary/aromatic N) is 1. The van der Waals surface area contributed by atoms with Crippen LogP contribution in [-0.4, -0.2) is 30.9 Å². The maximum absolute atomic E-state index is 14.4. The van der Waals surface area contributed by atoms with Crippen molar-refractivity contribution >= 4 is 5.78 Å². The van der Waals surface area contributed by atoms with Crippen molar-refractivity contribution < 1.29 is 18.3 Å². The SMILES string of the molecule is COc1cc2c(cc1F)CCN(CCCC(CCCC(=O)CCc1ccc(F)cc1)(c1ccccc1)c1ccccc1)C2C. The summed E-state index contributed by atoms with van der Waals surface area (Å²) in [7, 11) is 1.52. The van der Waals surface area contributed by atoms with Gasteiger partial charge in [0.05, 0.1) is 7.11 Å². The van der Waals surface area contributed by atoms with E-state index in [1.165, 1.54) is 30.4 Å². The highest BCUT2D eigenvalue weighted by Gasteiger charge is 2.34. The van der Waals surface area contributed by atoms with Gasteiger partial charge in [0, 0.05) is 30.8 Å². The molecule has 0 radical (unpaired) electrons. The van der Waals surface area contributed by atoms with Crippen molar-refractivity contribution in [1.82, 2.24) is 4.90 Å². The van der Waals surface area contributed by atoms with E-state index in [-0.39, 0.29) is 28.9 Å². The Morgan fingerprint density at radius 3 is 2.14 bits per heavy atom. The average Bonchev–Trinajstić information content (AvgIpc) is 3.05. The molecule has 1 atom stereocenters. The number of ketones is 1. The fraction of sp³-hybridized carbons (Fsp3) is 0.359. The molecule has 0 amide bonds. The van der Waals surface area contributed by atoms with Crippen LogP contribution in [-0.2, 0) is 23.1 Å². The van der Waals surface area contributed by atoms with Crippen LogP contribution < -0.4 is 4.74 Å². The van der Waals surface area contributed by atoms with E-state index in [9.17, 15) is 13.6 Å². The normalized spacial score (nSPS) is 15.1. The van der Waals surface area contributed by atoms with Crippen LogP contribution >= 0.6 is 0 Å². The number of Topliss-reactive ketones (excluding diaryl/α,β-unsaturated/α-hetero) is 1. The Kier molecular flexibility index (Phi) is 10.6. The average molecular weight is 596 g/mol. The van der Waals surface area contributed by atoms with E-state index in [0.717, 1.165) is 61.9 Å². The number of hydrogen-bond donors (Lipinski definition) is 0. The van der Waals surface area contributed by atoms with Crippen molar-refractivity contribution in [2.45, 2.75) is 69.7 Å². The summed E-state index contributed by atoms with van der Waals surface area (Å²) in [4.78, 5) is 15.5. The fourth-order valence-electron chi connectivity index (χ4n) is 6.95. The molecule has 44 heavy (non-hydrogen) atoms. The van der Waals surface area contributed by atoms with Gasteiger partial charge in [0.2, 0.25) is 0 Å². The van der Waals surface area contributed by atoms with Crippen LogP contribution in [0.2, 0.25) is 0 Å². The first-order valence-corrected chi connectivity index (χ1v) is 15.9. The Morgan fingerprint density at radius 2 is 1.50 bits per heavy atom. The number of benzene rings is 4. The second-order valence-corrected chi connectivity index (χ2v) is 12.1. The maximum Gasteiger partial charge on any atom is 0.165 e. The van der Waals surface area contributed by atoms with Crippen LogP contribution in [0.15, 0.2) is 97.1 Å². The minimum atomic E-state index is -0.295. The zero-order valence-electron chi connectivity index (χ0n) is 25.9. The molecular weight excluding hydrogens is 552 g/mol. The summed E-state index contributed by atoms with van der Waals surface area (Å²) < 4.78 is 32.9. The van der Waals surface area contributed by atoms with Crippen LogP contribution in [0.4, 0.5) is 8.78 Å². The first kappa shape index (κ1) is 31.6. The monoisotopic (exact) mass is 595 g/mol. The standard InChI is InChI=1S/C39H43F2NO2/c1-29-36-28-38(44-2)37(41)27-31(36)22-26-42(29)25-10-24-39(32-11-5-3-6-12-32,33-13-7-4-8-14-33)23-9-15-35(43)21-18-30-16-19-34(40)20-17-30/h3-8,11-14,16-17,19-20,27-29H,9-10,15,18,21-26H2,1-2H3. The van der Waals surface area contributed by atoms with Gasteiger partial charge in [0.1, 0.15) is 11.6 Å². The highest BCUT2D eigenvalue weighted by Crippen LogP contribution is 2.42. The van der Waals surface area contributed by atoms with Gasteiger partial charge in [-0.05, 0) is 104 Å². The molecule has 3 nitrogen and oxygen atoms in total. The lowest BCUT2D eigenvalue weighted by atomic mass is 9.68. The fourth-order valence-corrected chi connectivity index (χ4v) is 6.95. The van der Waals surface area contributed by atoms with Crippen LogP contribution in [0.5, 0.6) is 5.75 Å². The Bertz CT molecular complexity index is 1470. The molecule has 5 heteroatoms. The van der Waals surface area contributed by atoms with Gasteiger partial charge in [-0.3, -0.25) is 9.69 Å². The van der Waals surface area contributed by atoms with E-state index < -0.39 is 0 Å². The van der Waals surface area contributed by atoms with Crippen LogP contribution in [0.1, 0.15) is 79.3 Å². The minimum absolute atomic E-state index is 0.176. The molecule has 5 rings (SSSR count). The van der Waals surface area contributed by atoms with Gasteiger partial charge in [-0.2, -0.15) is 0 Å². The third-order valence-electron chi connectivity index (χ3n) is 9.45. The second kappa shape index (κ2) is 14.8. The Morgan fingerprint density at radius 1 is 0.864 bits per heavy atom. The summed E-state index contributed by atoms with van der Waals surface area (Å²) in [5.74, 6) is -0.00128. The van der Waals surface area contributed by atoms with Crippen LogP contribution in [0.25, 0.3) is 0 Å². The minimum Gasteiger partial charge on any atom is -0.494 e. The molecule has 0 aliphatic carbocycles. The molecule has 0 saturated heterocycles. The summed E-state index contributed by atoms with van der Waals surface area (Å²) in [6, 6.07) is 31.6. The Balaban J connectivity index is 1.30. The molecule has 4 aromatic rings. The molecule has 1 aliphatic rings.